The predicted octanol–water partition coefficient (Wildman–Crippen LogP) is 5.44. The van der Waals surface area contributed by atoms with Crippen LogP contribution < -0.4 is 10.6 Å². The van der Waals surface area contributed by atoms with Gasteiger partial charge in [-0.2, -0.15) is 0 Å². The maximum atomic E-state index is 12.7. The molecule has 3 N–H and O–H groups in total. The number of fused-ring (bicyclic) bond motifs is 3. The second-order valence-corrected chi connectivity index (χ2v) is 7.91. The van der Waals surface area contributed by atoms with Crippen LogP contribution in [0.1, 0.15) is 39.9 Å². The average molecular weight is 415 g/mol. The second-order valence-electron chi connectivity index (χ2n) is 7.07. The van der Waals surface area contributed by atoms with Gasteiger partial charge in [0.2, 0.25) is 0 Å². The number of nitrogens with one attached hydrogen (secondary N) is 2. The first-order valence-corrected chi connectivity index (χ1v) is 9.90. The first kappa shape index (κ1) is 18.9. The zero-order chi connectivity index (χ0) is 19.8. The third-order valence-corrected chi connectivity index (χ3v) is 5.95. The van der Waals surface area contributed by atoms with Crippen LogP contribution in [0.4, 0.5) is 5.69 Å². The van der Waals surface area contributed by atoms with Crippen molar-refractivity contribution in [3.8, 4) is 5.75 Å². The SMILES string of the molecule is C=CCNC(=O)c1cccc2c1NC(c1cc(Cl)cc(Cl)c1O)C1CC=CC21. The molecule has 0 radical (unpaired) electrons. The largest absolute Gasteiger partial charge is 0.506 e. The van der Waals surface area contributed by atoms with Gasteiger partial charge < -0.3 is 15.7 Å². The van der Waals surface area contributed by atoms with E-state index < -0.39 is 0 Å². The number of phenolic OH excluding ortho intramolecular Hbond substituents is 1. The number of aromatic hydroxyl groups is 1. The van der Waals surface area contributed by atoms with E-state index in [4.69, 9.17) is 23.2 Å². The van der Waals surface area contributed by atoms with Crippen LogP contribution in [0, 0.1) is 5.92 Å². The smallest absolute Gasteiger partial charge is 0.253 e. The normalized spacial score (nSPS) is 22.1. The van der Waals surface area contributed by atoms with Crippen molar-refractivity contribution in [2.75, 3.05) is 11.9 Å². The van der Waals surface area contributed by atoms with E-state index in [1.807, 2.05) is 12.1 Å². The summed E-state index contributed by atoms with van der Waals surface area (Å²) >= 11 is 12.4. The van der Waals surface area contributed by atoms with E-state index in [0.717, 1.165) is 17.7 Å². The third-order valence-electron chi connectivity index (χ3n) is 5.44. The fourth-order valence-electron chi connectivity index (χ4n) is 4.20. The lowest BCUT2D eigenvalue weighted by Gasteiger charge is -2.38. The molecule has 28 heavy (non-hydrogen) atoms. The van der Waals surface area contributed by atoms with Gasteiger partial charge >= 0.3 is 0 Å². The summed E-state index contributed by atoms with van der Waals surface area (Å²) in [6.45, 7) is 4.03. The summed E-state index contributed by atoms with van der Waals surface area (Å²) in [6, 6.07) is 8.78. The van der Waals surface area contributed by atoms with Crippen LogP contribution >= 0.6 is 23.2 Å². The van der Waals surface area contributed by atoms with Crippen LogP contribution in [-0.4, -0.2) is 17.6 Å². The van der Waals surface area contributed by atoms with Gasteiger partial charge in [0, 0.05) is 23.0 Å². The number of benzene rings is 2. The second kappa shape index (κ2) is 7.53. The molecule has 0 aromatic heterocycles. The number of anilines is 1. The van der Waals surface area contributed by atoms with Gasteiger partial charge in [0.25, 0.3) is 5.91 Å². The Bertz CT molecular complexity index is 987. The monoisotopic (exact) mass is 414 g/mol. The highest BCUT2D eigenvalue weighted by molar-refractivity contribution is 6.35. The number of carbonyl (C=O) groups excluding carboxylic acids is 1. The lowest BCUT2D eigenvalue weighted by atomic mass is 9.76. The van der Waals surface area contributed by atoms with Crippen molar-refractivity contribution < 1.29 is 9.90 Å². The van der Waals surface area contributed by atoms with Gasteiger partial charge in [-0.05, 0) is 36.1 Å². The van der Waals surface area contributed by atoms with Gasteiger partial charge in [0.1, 0.15) is 5.75 Å². The molecule has 3 atom stereocenters. The molecule has 3 unspecified atom stereocenters. The highest BCUT2D eigenvalue weighted by atomic mass is 35.5. The van der Waals surface area contributed by atoms with Crippen molar-refractivity contribution >= 4 is 34.8 Å². The standard InChI is InChI=1S/C22H20Cl2N2O2/c1-2-9-25-22(28)16-8-4-7-14-13-5-3-6-15(13)20(26-19(14)16)17-10-12(23)11-18(24)21(17)27/h2-5,7-8,10-11,13,15,20,26-27H,1,6,9H2,(H,25,28). The summed E-state index contributed by atoms with van der Waals surface area (Å²) in [7, 11) is 0. The maximum absolute atomic E-state index is 12.7. The van der Waals surface area contributed by atoms with Crippen molar-refractivity contribution in [2.45, 2.75) is 18.4 Å². The molecule has 144 valence electrons. The van der Waals surface area contributed by atoms with Crippen LogP contribution in [0.3, 0.4) is 0 Å². The highest BCUT2D eigenvalue weighted by Gasteiger charge is 2.40. The van der Waals surface area contributed by atoms with Gasteiger partial charge in [0.05, 0.1) is 22.3 Å². The van der Waals surface area contributed by atoms with E-state index in [2.05, 4.69) is 29.4 Å². The predicted molar refractivity (Wildman–Crippen MR) is 113 cm³/mol. The Hall–Kier alpha value is -2.43. The molecular weight excluding hydrogens is 395 g/mol. The number of rotatable bonds is 4. The molecule has 0 fully saturated rings. The van der Waals surface area contributed by atoms with Gasteiger partial charge in [-0.1, -0.05) is 53.6 Å². The lowest BCUT2D eigenvalue weighted by Crippen LogP contribution is -2.32. The van der Waals surface area contributed by atoms with Gasteiger partial charge in [-0.3, -0.25) is 4.79 Å². The van der Waals surface area contributed by atoms with Crippen LogP contribution in [-0.2, 0) is 0 Å². The molecule has 6 heteroatoms. The topological polar surface area (TPSA) is 61.4 Å². The van der Waals surface area contributed by atoms with Gasteiger partial charge in [0.15, 0.2) is 0 Å². The number of halogens is 2. The van der Waals surface area contributed by atoms with Crippen molar-refractivity contribution in [2.24, 2.45) is 5.92 Å². The Labute approximate surface area is 173 Å². The van der Waals surface area contributed by atoms with E-state index in [0.29, 0.717) is 22.7 Å². The zero-order valence-corrected chi connectivity index (χ0v) is 16.6. The molecule has 0 spiro atoms. The summed E-state index contributed by atoms with van der Waals surface area (Å²) in [6.07, 6.45) is 6.82. The minimum atomic E-state index is -0.225. The van der Waals surface area contributed by atoms with E-state index in [1.54, 1.807) is 18.2 Å². The fraction of sp³-hybridized carbons (Fsp3) is 0.227. The number of amides is 1. The molecule has 0 bridgehead atoms. The molecule has 2 aromatic rings. The van der Waals surface area contributed by atoms with Crippen LogP contribution in [0.5, 0.6) is 5.75 Å². The first-order chi connectivity index (χ1) is 13.5. The number of allylic oxidation sites excluding steroid dienone is 2. The Morgan fingerprint density at radius 2 is 2.14 bits per heavy atom. The number of hydrogen-bond acceptors (Lipinski definition) is 3. The van der Waals surface area contributed by atoms with E-state index >= 15 is 0 Å². The van der Waals surface area contributed by atoms with Gasteiger partial charge in [-0.25, -0.2) is 0 Å². The quantitative estimate of drug-likeness (QED) is 0.583. The molecule has 0 saturated heterocycles. The molecule has 1 amide bonds. The summed E-state index contributed by atoms with van der Waals surface area (Å²) < 4.78 is 0. The Morgan fingerprint density at radius 1 is 1.32 bits per heavy atom. The lowest BCUT2D eigenvalue weighted by molar-refractivity contribution is 0.0958. The highest BCUT2D eigenvalue weighted by Crippen LogP contribution is 2.52. The van der Waals surface area contributed by atoms with Crippen LogP contribution in [0.15, 0.2) is 55.1 Å². The minimum absolute atomic E-state index is 0.0197. The zero-order valence-electron chi connectivity index (χ0n) is 15.1. The van der Waals surface area contributed by atoms with Crippen molar-refractivity contribution in [1.82, 2.24) is 5.32 Å². The van der Waals surface area contributed by atoms with Crippen LogP contribution in [0.2, 0.25) is 10.0 Å². The number of para-hydroxylation sites is 1. The molecule has 1 aliphatic carbocycles. The minimum Gasteiger partial charge on any atom is -0.506 e. The Morgan fingerprint density at radius 3 is 2.93 bits per heavy atom. The maximum Gasteiger partial charge on any atom is 0.253 e. The van der Waals surface area contributed by atoms with Crippen LogP contribution in [0.25, 0.3) is 0 Å². The summed E-state index contributed by atoms with van der Waals surface area (Å²) in [5, 5.41) is 17.6. The Balaban J connectivity index is 1.82. The van der Waals surface area contributed by atoms with Crippen molar-refractivity contribution in [1.29, 1.82) is 0 Å². The van der Waals surface area contributed by atoms with E-state index in [1.165, 1.54) is 6.07 Å². The summed E-state index contributed by atoms with van der Waals surface area (Å²) in [5.74, 6) is 0.188. The summed E-state index contributed by atoms with van der Waals surface area (Å²) in [4.78, 5) is 12.7. The first-order valence-electron chi connectivity index (χ1n) is 9.14. The Kier molecular flexibility index (Phi) is 5.09. The van der Waals surface area contributed by atoms with Crippen molar-refractivity contribution in [3.63, 3.8) is 0 Å². The average Bonchev–Trinajstić information content (AvgIpc) is 3.18. The van der Waals surface area contributed by atoms with E-state index in [-0.39, 0.29) is 34.6 Å². The fourth-order valence-corrected chi connectivity index (χ4v) is 4.71. The molecule has 4 rings (SSSR count). The molecule has 2 aromatic carbocycles. The molecule has 2 aliphatic rings. The van der Waals surface area contributed by atoms with Gasteiger partial charge in [-0.15, -0.1) is 6.58 Å². The number of carbonyl (C=O) groups is 1. The molecule has 1 heterocycles. The molecule has 0 saturated carbocycles. The molecular formula is C22H20Cl2N2O2. The number of phenols is 1. The molecule has 1 aliphatic heterocycles. The molecule has 4 nitrogen and oxygen atoms in total. The van der Waals surface area contributed by atoms with Crippen molar-refractivity contribution in [3.05, 3.63) is 81.9 Å². The number of hydrogen-bond donors (Lipinski definition) is 3. The third kappa shape index (κ3) is 3.17. The summed E-state index contributed by atoms with van der Waals surface area (Å²) in [5.41, 5.74) is 3.06. The van der Waals surface area contributed by atoms with E-state index in [9.17, 15) is 9.90 Å².